The number of benzene rings is 2. The fourth-order valence-corrected chi connectivity index (χ4v) is 3.26. The van der Waals surface area contributed by atoms with Crippen LogP contribution in [0.25, 0.3) is 5.69 Å². The molecule has 9 heteroatoms. The van der Waals surface area contributed by atoms with Crippen LogP contribution in [0.3, 0.4) is 0 Å². The van der Waals surface area contributed by atoms with Gasteiger partial charge < -0.3 is 10.6 Å². The number of hydrogen-bond donors (Lipinski definition) is 2. The van der Waals surface area contributed by atoms with Crippen LogP contribution in [0.2, 0.25) is 0 Å². The van der Waals surface area contributed by atoms with Crippen molar-refractivity contribution in [2.24, 2.45) is 0 Å². The SMILES string of the molecule is CNC(=O)c1cccc(NC(=O)CSc2nnnn2-c2cc(C)ccc2C)c1. The van der Waals surface area contributed by atoms with Gasteiger partial charge in [0.25, 0.3) is 5.91 Å². The van der Waals surface area contributed by atoms with Gasteiger partial charge in [0, 0.05) is 18.3 Å². The molecule has 0 radical (unpaired) electrons. The lowest BCUT2D eigenvalue weighted by molar-refractivity contribution is -0.113. The van der Waals surface area contributed by atoms with E-state index in [0.717, 1.165) is 16.8 Å². The quantitative estimate of drug-likeness (QED) is 0.620. The van der Waals surface area contributed by atoms with Crippen LogP contribution < -0.4 is 10.6 Å². The predicted molar refractivity (Wildman–Crippen MR) is 108 cm³/mol. The second kappa shape index (κ2) is 8.66. The maximum absolute atomic E-state index is 12.3. The molecule has 0 fully saturated rings. The van der Waals surface area contributed by atoms with Crippen LogP contribution in [0, 0.1) is 13.8 Å². The van der Waals surface area contributed by atoms with E-state index in [1.807, 2.05) is 32.0 Å². The molecule has 0 atom stereocenters. The molecule has 144 valence electrons. The number of tetrazole rings is 1. The molecule has 1 heterocycles. The summed E-state index contributed by atoms with van der Waals surface area (Å²) in [5.74, 6) is -0.289. The number of carbonyl (C=O) groups is 2. The lowest BCUT2D eigenvalue weighted by Gasteiger charge is -2.09. The van der Waals surface area contributed by atoms with Gasteiger partial charge in [-0.3, -0.25) is 9.59 Å². The van der Waals surface area contributed by atoms with Crippen molar-refractivity contribution < 1.29 is 9.59 Å². The van der Waals surface area contributed by atoms with Crippen molar-refractivity contribution in [3.63, 3.8) is 0 Å². The van der Waals surface area contributed by atoms with Crippen LogP contribution in [-0.4, -0.2) is 44.8 Å². The highest BCUT2D eigenvalue weighted by Crippen LogP contribution is 2.22. The summed E-state index contributed by atoms with van der Waals surface area (Å²) in [5, 5.41) is 17.7. The summed E-state index contributed by atoms with van der Waals surface area (Å²) in [6.45, 7) is 3.98. The standard InChI is InChI=1S/C19H20N6O2S/c1-12-7-8-13(2)16(9-12)25-19(22-23-24-25)28-11-17(26)21-15-6-4-5-14(10-15)18(27)20-3/h4-10H,11H2,1-3H3,(H,20,27)(H,21,26). The van der Waals surface area contributed by atoms with E-state index >= 15 is 0 Å². The van der Waals surface area contributed by atoms with Crippen LogP contribution in [0.5, 0.6) is 0 Å². The number of nitrogens with zero attached hydrogens (tertiary/aromatic N) is 4. The summed E-state index contributed by atoms with van der Waals surface area (Å²) in [4.78, 5) is 24.0. The lowest BCUT2D eigenvalue weighted by atomic mass is 10.1. The second-order valence-corrected chi connectivity index (χ2v) is 7.10. The number of amides is 2. The number of hydrogen-bond acceptors (Lipinski definition) is 6. The zero-order chi connectivity index (χ0) is 20.1. The Kier molecular flexibility index (Phi) is 6.05. The highest BCUT2D eigenvalue weighted by Gasteiger charge is 2.14. The second-order valence-electron chi connectivity index (χ2n) is 6.16. The number of thioether (sulfide) groups is 1. The van der Waals surface area contributed by atoms with Gasteiger partial charge in [-0.15, -0.1) is 5.10 Å². The smallest absolute Gasteiger partial charge is 0.251 e. The zero-order valence-corrected chi connectivity index (χ0v) is 16.6. The minimum Gasteiger partial charge on any atom is -0.355 e. The van der Waals surface area contributed by atoms with Crippen LogP contribution in [-0.2, 0) is 4.79 Å². The van der Waals surface area contributed by atoms with Crippen molar-refractivity contribution in [3.05, 3.63) is 59.2 Å². The fourth-order valence-electron chi connectivity index (χ4n) is 2.58. The monoisotopic (exact) mass is 396 g/mol. The molecule has 2 amide bonds. The lowest BCUT2D eigenvalue weighted by Crippen LogP contribution is -2.19. The Labute approximate surface area is 166 Å². The van der Waals surface area contributed by atoms with Gasteiger partial charge in [0.1, 0.15) is 0 Å². The topological polar surface area (TPSA) is 102 Å². The first-order chi connectivity index (χ1) is 13.5. The van der Waals surface area contributed by atoms with E-state index in [0.29, 0.717) is 16.4 Å². The highest BCUT2D eigenvalue weighted by atomic mass is 32.2. The van der Waals surface area contributed by atoms with Crippen LogP contribution in [0.15, 0.2) is 47.6 Å². The minimum absolute atomic E-state index is 0.134. The highest BCUT2D eigenvalue weighted by molar-refractivity contribution is 7.99. The third-order valence-corrected chi connectivity index (χ3v) is 4.92. The molecule has 0 saturated heterocycles. The van der Waals surface area contributed by atoms with Gasteiger partial charge in [-0.1, -0.05) is 30.0 Å². The maximum Gasteiger partial charge on any atom is 0.251 e. The van der Waals surface area contributed by atoms with E-state index in [2.05, 4.69) is 26.2 Å². The van der Waals surface area contributed by atoms with Gasteiger partial charge in [-0.05, 0) is 59.7 Å². The molecule has 0 aliphatic carbocycles. The summed E-state index contributed by atoms with van der Waals surface area (Å²) < 4.78 is 1.63. The largest absolute Gasteiger partial charge is 0.355 e. The average Bonchev–Trinajstić information content (AvgIpc) is 3.16. The summed E-state index contributed by atoms with van der Waals surface area (Å²) in [6, 6.07) is 12.8. The Balaban J connectivity index is 1.67. The molecule has 3 aromatic rings. The first-order valence-electron chi connectivity index (χ1n) is 8.58. The molecular weight excluding hydrogens is 376 g/mol. The maximum atomic E-state index is 12.3. The number of carbonyl (C=O) groups excluding carboxylic acids is 2. The number of rotatable bonds is 6. The van der Waals surface area contributed by atoms with Gasteiger partial charge in [0.2, 0.25) is 11.1 Å². The molecule has 0 spiro atoms. The predicted octanol–water partition coefficient (Wildman–Crippen LogP) is 2.37. The summed E-state index contributed by atoms with van der Waals surface area (Å²) >= 11 is 1.24. The minimum atomic E-state index is -0.213. The van der Waals surface area contributed by atoms with Gasteiger partial charge in [-0.2, -0.15) is 4.68 Å². The number of anilines is 1. The average molecular weight is 396 g/mol. The molecule has 0 unspecified atom stereocenters. The molecular formula is C19H20N6O2S. The van der Waals surface area contributed by atoms with Crippen molar-refractivity contribution >= 4 is 29.3 Å². The van der Waals surface area contributed by atoms with Crippen molar-refractivity contribution in [3.8, 4) is 5.69 Å². The first kappa shape index (κ1) is 19.6. The Hall–Kier alpha value is -3.20. The van der Waals surface area contributed by atoms with Gasteiger partial charge in [-0.25, -0.2) is 0 Å². The van der Waals surface area contributed by atoms with Crippen molar-refractivity contribution in [2.45, 2.75) is 19.0 Å². The summed E-state index contributed by atoms with van der Waals surface area (Å²) in [6.07, 6.45) is 0. The Morgan fingerprint density at radius 2 is 1.96 bits per heavy atom. The van der Waals surface area contributed by atoms with E-state index in [1.165, 1.54) is 11.8 Å². The summed E-state index contributed by atoms with van der Waals surface area (Å²) in [7, 11) is 1.56. The van der Waals surface area contributed by atoms with Crippen molar-refractivity contribution in [1.82, 2.24) is 25.5 Å². The van der Waals surface area contributed by atoms with Crippen LogP contribution in [0.1, 0.15) is 21.5 Å². The van der Waals surface area contributed by atoms with Crippen LogP contribution >= 0.6 is 11.8 Å². The molecule has 0 aliphatic rings. The molecule has 28 heavy (non-hydrogen) atoms. The van der Waals surface area contributed by atoms with Gasteiger partial charge in [0.15, 0.2) is 0 Å². The van der Waals surface area contributed by atoms with Crippen molar-refractivity contribution in [1.29, 1.82) is 0 Å². The summed E-state index contributed by atoms with van der Waals surface area (Å²) in [5.41, 5.74) is 4.05. The molecule has 1 aromatic heterocycles. The first-order valence-corrected chi connectivity index (χ1v) is 9.57. The Morgan fingerprint density at radius 1 is 1.14 bits per heavy atom. The third kappa shape index (κ3) is 4.55. The molecule has 0 aliphatic heterocycles. The molecule has 0 saturated carbocycles. The van der Waals surface area contributed by atoms with Gasteiger partial charge >= 0.3 is 0 Å². The molecule has 8 nitrogen and oxygen atoms in total. The fraction of sp³-hybridized carbons (Fsp3) is 0.211. The normalized spacial score (nSPS) is 10.5. The van der Waals surface area contributed by atoms with Crippen LogP contribution in [0.4, 0.5) is 5.69 Å². The van der Waals surface area contributed by atoms with Crippen molar-refractivity contribution in [2.75, 3.05) is 18.1 Å². The molecule has 2 N–H and O–H groups in total. The molecule has 3 rings (SSSR count). The Morgan fingerprint density at radius 3 is 2.75 bits per heavy atom. The third-order valence-electron chi connectivity index (χ3n) is 4.00. The number of aromatic nitrogens is 4. The zero-order valence-electron chi connectivity index (χ0n) is 15.8. The molecule has 2 aromatic carbocycles. The van der Waals surface area contributed by atoms with E-state index in [4.69, 9.17) is 0 Å². The van der Waals surface area contributed by atoms with E-state index < -0.39 is 0 Å². The van der Waals surface area contributed by atoms with E-state index in [-0.39, 0.29) is 17.6 Å². The Bertz CT molecular complexity index is 1020. The number of aryl methyl sites for hydroxylation is 2. The van der Waals surface area contributed by atoms with Gasteiger partial charge in [0.05, 0.1) is 11.4 Å². The number of nitrogens with one attached hydrogen (secondary N) is 2. The molecule has 0 bridgehead atoms. The van der Waals surface area contributed by atoms with E-state index in [9.17, 15) is 9.59 Å². The van der Waals surface area contributed by atoms with E-state index in [1.54, 1.807) is 36.0 Å².